The number of rotatable bonds is 6. The molecule has 1 rings (SSSR count). The van der Waals surface area contributed by atoms with Gasteiger partial charge in [0.25, 0.3) is 5.56 Å². The van der Waals surface area contributed by atoms with E-state index in [4.69, 9.17) is 4.74 Å². The molecule has 0 radical (unpaired) electrons. The molecular weight excluding hydrogens is 238 g/mol. The standard InChI is InChI=1S/C12H15NO5/c1-17-11(15)5-6-12(16)18-9-8-13-7-3-2-4-10(13)14/h2-4,7H,5-6,8-9H2,1H3. The van der Waals surface area contributed by atoms with Crippen molar-refractivity contribution >= 4 is 11.9 Å². The Bertz CT molecular complexity index is 466. The van der Waals surface area contributed by atoms with Crippen molar-refractivity contribution in [2.45, 2.75) is 19.4 Å². The quantitative estimate of drug-likeness (QED) is 0.684. The van der Waals surface area contributed by atoms with Gasteiger partial charge in [0.15, 0.2) is 0 Å². The fourth-order valence-corrected chi connectivity index (χ4v) is 1.28. The molecule has 1 aromatic heterocycles. The Kier molecular flexibility index (Phi) is 5.63. The van der Waals surface area contributed by atoms with E-state index in [-0.39, 0.29) is 25.0 Å². The van der Waals surface area contributed by atoms with Crippen LogP contribution in [-0.4, -0.2) is 30.2 Å². The lowest BCUT2D eigenvalue weighted by atomic mass is 10.3. The summed E-state index contributed by atoms with van der Waals surface area (Å²) >= 11 is 0. The average molecular weight is 253 g/mol. The third-order valence-electron chi connectivity index (χ3n) is 2.26. The van der Waals surface area contributed by atoms with Gasteiger partial charge in [-0.25, -0.2) is 0 Å². The molecule has 0 aliphatic rings. The van der Waals surface area contributed by atoms with Crippen molar-refractivity contribution in [1.29, 1.82) is 0 Å². The Morgan fingerprint density at radius 1 is 1.22 bits per heavy atom. The molecule has 0 amide bonds. The molecule has 0 aromatic carbocycles. The van der Waals surface area contributed by atoms with Gasteiger partial charge in [0.1, 0.15) is 6.61 Å². The molecule has 1 heterocycles. The largest absolute Gasteiger partial charge is 0.469 e. The van der Waals surface area contributed by atoms with Crippen LogP contribution < -0.4 is 5.56 Å². The van der Waals surface area contributed by atoms with Crippen LogP contribution >= 0.6 is 0 Å². The second-order valence-corrected chi connectivity index (χ2v) is 3.53. The first kappa shape index (κ1) is 14.0. The van der Waals surface area contributed by atoms with Crippen LogP contribution in [0.15, 0.2) is 29.2 Å². The molecule has 0 aliphatic heterocycles. The molecule has 6 heteroatoms. The molecule has 0 spiro atoms. The molecule has 0 saturated carbocycles. The maximum absolute atomic E-state index is 11.3. The molecular formula is C12H15NO5. The normalized spacial score (nSPS) is 9.83. The number of pyridine rings is 1. The lowest BCUT2D eigenvalue weighted by Gasteiger charge is -2.06. The lowest BCUT2D eigenvalue weighted by molar-refractivity contribution is -0.149. The van der Waals surface area contributed by atoms with Crippen molar-refractivity contribution in [3.63, 3.8) is 0 Å². The first-order chi connectivity index (χ1) is 8.63. The molecule has 0 fully saturated rings. The van der Waals surface area contributed by atoms with Crippen LogP contribution in [0.2, 0.25) is 0 Å². The number of nitrogens with zero attached hydrogens (tertiary/aromatic N) is 1. The van der Waals surface area contributed by atoms with Crippen molar-refractivity contribution in [1.82, 2.24) is 4.57 Å². The number of hydrogen-bond donors (Lipinski definition) is 0. The third-order valence-corrected chi connectivity index (χ3v) is 2.26. The Hall–Kier alpha value is -2.11. The molecule has 0 bridgehead atoms. The summed E-state index contributed by atoms with van der Waals surface area (Å²) in [5, 5.41) is 0. The smallest absolute Gasteiger partial charge is 0.306 e. The predicted molar refractivity (Wildman–Crippen MR) is 62.9 cm³/mol. The van der Waals surface area contributed by atoms with Gasteiger partial charge in [-0.1, -0.05) is 6.07 Å². The Balaban J connectivity index is 2.26. The van der Waals surface area contributed by atoms with Crippen LogP contribution in [0.25, 0.3) is 0 Å². The Labute approximate surface area is 104 Å². The van der Waals surface area contributed by atoms with Gasteiger partial charge in [0, 0.05) is 12.3 Å². The Morgan fingerprint density at radius 3 is 2.61 bits per heavy atom. The van der Waals surface area contributed by atoms with E-state index in [2.05, 4.69) is 4.74 Å². The molecule has 98 valence electrons. The zero-order valence-electron chi connectivity index (χ0n) is 10.1. The average Bonchev–Trinajstić information content (AvgIpc) is 2.38. The van der Waals surface area contributed by atoms with E-state index in [0.29, 0.717) is 6.54 Å². The van der Waals surface area contributed by atoms with Crippen molar-refractivity contribution in [2.75, 3.05) is 13.7 Å². The van der Waals surface area contributed by atoms with Crippen LogP contribution in [0, 0.1) is 0 Å². The van der Waals surface area contributed by atoms with E-state index < -0.39 is 11.9 Å². The summed E-state index contributed by atoms with van der Waals surface area (Å²) < 4.78 is 10.7. The minimum Gasteiger partial charge on any atom is -0.469 e. The van der Waals surface area contributed by atoms with Gasteiger partial charge in [0.05, 0.1) is 26.5 Å². The second-order valence-electron chi connectivity index (χ2n) is 3.53. The molecule has 18 heavy (non-hydrogen) atoms. The molecule has 6 nitrogen and oxygen atoms in total. The number of carbonyl (C=O) groups excluding carboxylic acids is 2. The fraction of sp³-hybridized carbons (Fsp3) is 0.417. The zero-order chi connectivity index (χ0) is 13.4. The van der Waals surface area contributed by atoms with Crippen LogP contribution in [0.1, 0.15) is 12.8 Å². The Morgan fingerprint density at radius 2 is 1.94 bits per heavy atom. The molecule has 0 N–H and O–H groups in total. The van der Waals surface area contributed by atoms with Crippen molar-refractivity contribution in [2.24, 2.45) is 0 Å². The summed E-state index contributed by atoms with van der Waals surface area (Å²) in [6, 6.07) is 4.79. The van der Waals surface area contributed by atoms with Crippen LogP contribution in [-0.2, 0) is 25.6 Å². The van der Waals surface area contributed by atoms with Crippen LogP contribution in [0.5, 0.6) is 0 Å². The van der Waals surface area contributed by atoms with Gasteiger partial charge in [-0.3, -0.25) is 14.4 Å². The molecule has 0 unspecified atom stereocenters. The van der Waals surface area contributed by atoms with Gasteiger partial charge in [-0.2, -0.15) is 0 Å². The predicted octanol–water partition coefficient (Wildman–Crippen LogP) is 0.345. The number of hydrogen-bond acceptors (Lipinski definition) is 5. The number of aromatic nitrogens is 1. The van der Waals surface area contributed by atoms with Gasteiger partial charge in [-0.05, 0) is 6.07 Å². The maximum atomic E-state index is 11.3. The van der Waals surface area contributed by atoms with E-state index in [1.165, 1.54) is 17.7 Å². The number of carbonyl (C=O) groups is 2. The first-order valence-corrected chi connectivity index (χ1v) is 5.51. The monoisotopic (exact) mass is 253 g/mol. The lowest BCUT2D eigenvalue weighted by Crippen LogP contribution is -2.21. The van der Waals surface area contributed by atoms with E-state index in [1.54, 1.807) is 18.3 Å². The highest BCUT2D eigenvalue weighted by Gasteiger charge is 2.07. The van der Waals surface area contributed by atoms with Gasteiger partial charge >= 0.3 is 11.9 Å². The minimum atomic E-state index is -0.482. The van der Waals surface area contributed by atoms with Gasteiger partial charge in [-0.15, -0.1) is 0 Å². The number of esters is 2. The first-order valence-electron chi connectivity index (χ1n) is 5.51. The fourth-order valence-electron chi connectivity index (χ4n) is 1.28. The number of methoxy groups -OCH3 is 1. The van der Waals surface area contributed by atoms with Crippen molar-refractivity contribution < 1.29 is 19.1 Å². The minimum absolute atomic E-state index is 0.000614. The second kappa shape index (κ2) is 7.26. The van der Waals surface area contributed by atoms with Crippen LogP contribution in [0.4, 0.5) is 0 Å². The van der Waals surface area contributed by atoms with Crippen LogP contribution in [0.3, 0.4) is 0 Å². The SMILES string of the molecule is COC(=O)CCC(=O)OCCn1ccccc1=O. The highest BCUT2D eigenvalue weighted by atomic mass is 16.5. The highest BCUT2D eigenvalue weighted by Crippen LogP contribution is 1.95. The highest BCUT2D eigenvalue weighted by molar-refractivity contribution is 5.77. The summed E-state index contributed by atoms with van der Waals surface area (Å²) in [5.74, 6) is -0.935. The maximum Gasteiger partial charge on any atom is 0.306 e. The molecule has 0 saturated heterocycles. The molecule has 0 atom stereocenters. The summed E-state index contributed by atoms with van der Waals surface area (Å²) in [7, 11) is 1.26. The van der Waals surface area contributed by atoms with Crippen molar-refractivity contribution in [3.8, 4) is 0 Å². The summed E-state index contributed by atoms with van der Waals surface area (Å²) in [6.45, 7) is 0.396. The van der Waals surface area contributed by atoms with Crippen molar-refractivity contribution in [3.05, 3.63) is 34.7 Å². The third kappa shape index (κ3) is 4.82. The summed E-state index contributed by atoms with van der Waals surface area (Å²) in [4.78, 5) is 33.3. The van der Waals surface area contributed by atoms with E-state index in [9.17, 15) is 14.4 Å². The zero-order valence-corrected chi connectivity index (χ0v) is 10.1. The van der Waals surface area contributed by atoms with E-state index >= 15 is 0 Å². The van der Waals surface area contributed by atoms with Gasteiger partial charge in [0.2, 0.25) is 0 Å². The summed E-state index contributed by atoms with van der Waals surface area (Å²) in [5.41, 5.74) is -0.150. The summed E-state index contributed by atoms with van der Waals surface area (Å²) in [6.07, 6.45) is 1.60. The molecule has 0 aliphatic carbocycles. The van der Waals surface area contributed by atoms with E-state index in [0.717, 1.165) is 0 Å². The van der Waals surface area contributed by atoms with Gasteiger partial charge < -0.3 is 14.0 Å². The topological polar surface area (TPSA) is 74.6 Å². The van der Waals surface area contributed by atoms with E-state index in [1.807, 2.05) is 0 Å². The number of ether oxygens (including phenoxy) is 2. The molecule has 1 aromatic rings.